The lowest BCUT2D eigenvalue weighted by molar-refractivity contribution is -0.138. The fourth-order valence-electron chi connectivity index (χ4n) is 2.67. The summed E-state index contributed by atoms with van der Waals surface area (Å²) in [5, 5.41) is 0.223. The molecule has 0 fully saturated rings. The van der Waals surface area contributed by atoms with Crippen molar-refractivity contribution < 1.29 is 27.4 Å². The zero-order valence-electron chi connectivity index (χ0n) is 16.0. The van der Waals surface area contributed by atoms with Gasteiger partial charge in [-0.05, 0) is 24.0 Å². The van der Waals surface area contributed by atoms with Crippen LogP contribution in [-0.4, -0.2) is 42.8 Å². The molecule has 0 N–H and O–H groups in total. The number of thioether (sulfide) groups is 1. The van der Waals surface area contributed by atoms with Gasteiger partial charge in [-0.2, -0.15) is 13.2 Å². The minimum Gasteiger partial charge on any atom is -0.496 e. The van der Waals surface area contributed by atoms with Crippen LogP contribution in [0, 0.1) is 0 Å². The van der Waals surface area contributed by atoms with Crippen molar-refractivity contribution in [1.82, 2.24) is 9.88 Å². The second-order valence-corrected chi connectivity index (χ2v) is 7.09. The molecule has 1 heterocycles. The smallest absolute Gasteiger partial charge is 0.417 e. The van der Waals surface area contributed by atoms with Crippen LogP contribution >= 0.6 is 11.8 Å². The first-order valence-electron chi connectivity index (χ1n) is 8.38. The molecule has 1 aromatic heterocycles. The van der Waals surface area contributed by atoms with Gasteiger partial charge >= 0.3 is 6.18 Å². The van der Waals surface area contributed by atoms with Crippen molar-refractivity contribution in [2.45, 2.75) is 24.7 Å². The zero-order valence-corrected chi connectivity index (χ0v) is 16.8. The maximum atomic E-state index is 13.5. The van der Waals surface area contributed by atoms with E-state index in [1.165, 1.54) is 37.9 Å². The standard InChI is InChI=1S/C19H21F3N2O3S/c1-5-28-17-9-14(19(20,21)22)12(10-23-17)18(25)24(2)11-13-15(26-3)7-6-8-16(13)27-4/h6-10H,5,11H2,1-4H3. The minimum atomic E-state index is -4.67. The summed E-state index contributed by atoms with van der Waals surface area (Å²) >= 11 is 1.18. The predicted octanol–water partition coefficient (Wildman–Crippen LogP) is 4.50. The molecule has 0 spiro atoms. The molecule has 0 saturated heterocycles. The number of aromatic nitrogens is 1. The van der Waals surface area contributed by atoms with Crippen LogP contribution in [0.2, 0.25) is 0 Å². The highest BCUT2D eigenvalue weighted by Crippen LogP contribution is 2.35. The molecule has 28 heavy (non-hydrogen) atoms. The first kappa shape index (κ1) is 21.9. The van der Waals surface area contributed by atoms with Crippen molar-refractivity contribution in [2.24, 2.45) is 0 Å². The zero-order chi connectivity index (χ0) is 20.9. The van der Waals surface area contributed by atoms with Crippen LogP contribution in [0.25, 0.3) is 0 Å². The molecule has 0 radical (unpaired) electrons. The molecule has 0 unspecified atom stereocenters. The average molecular weight is 414 g/mol. The van der Waals surface area contributed by atoms with E-state index >= 15 is 0 Å². The molecule has 0 aliphatic carbocycles. The number of alkyl halides is 3. The molecular weight excluding hydrogens is 393 g/mol. The Morgan fingerprint density at radius 2 is 1.82 bits per heavy atom. The maximum Gasteiger partial charge on any atom is 0.417 e. The number of benzene rings is 1. The number of hydrogen-bond acceptors (Lipinski definition) is 5. The van der Waals surface area contributed by atoms with Gasteiger partial charge in [0.05, 0.1) is 42.5 Å². The lowest BCUT2D eigenvalue weighted by atomic mass is 10.1. The Hall–Kier alpha value is -2.42. The molecule has 0 saturated carbocycles. The minimum absolute atomic E-state index is 0.00871. The number of methoxy groups -OCH3 is 2. The molecule has 1 aromatic carbocycles. The van der Waals surface area contributed by atoms with Crippen molar-refractivity contribution in [1.29, 1.82) is 0 Å². The van der Waals surface area contributed by atoms with E-state index in [9.17, 15) is 18.0 Å². The fraction of sp³-hybridized carbons (Fsp3) is 0.368. The Morgan fingerprint density at radius 3 is 2.32 bits per heavy atom. The van der Waals surface area contributed by atoms with E-state index in [0.29, 0.717) is 22.8 Å². The van der Waals surface area contributed by atoms with Crippen LogP contribution in [-0.2, 0) is 12.7 Å². The normalized spacial score (nSPS) is 11.2. The van der Waals surface area contributed by atoms with Gasteiger partial charge in [0.25, 0.3) is 5.91 Å². The Kier molecular flexibility index (Phi) is 7.17. The number of ether oxygens (including phenoxy) is 2. The predicted molar refractivity (Wildman–Crippen MR) is 101 cm³/mol. The second kappa shape index (κ2) is 9.18. The van der Waals surface area contributed by atoms with Gasteiger partial charge in [-0.15, -0.1) is 11.8 Å². The molecule has 5 nitrogen and oxygen atoms in total. The second-order valence-electron chi connectivity index (χ2n) is 5.80. The summed E-state index contributed by atoms with van der Waals surface area (Å²) in [6.45, 7) is 1.82. The van der Waals surface area contributed by atoms with Crippen LogP contribution in [0.4, 0.5) is 13.2 Å². The Morgan fingerprint density at radius 1 is 1.21 bits per heavy atom. The molecule has 0 bridgehead atoms. The van der Waals surface area contributed by atoms with Gasteiger partial charge in [-0.3, -0.25) is 4.79 Å². The molecule has 0 atom stereocenters. The van der Waals surface area contributed by atoms with E-state index in [1.807, 2.05) is 6.92 Å². The SMILES string of the molecule is CCSc1cc(C(F)(F)F)c(C(=O)N(C)Cc2c(OC)cccc2OC)cn1. The van der Waals surface area contributed by atoms with Crippen LogP contribution in [0.5, 0.6) is 11.5 Å². The number of nitrogens with zero attached hydrogens (tertiary/aromatic N) is 2. The van der Waals surface area contributed by atoms with Crippen molar-refractivity contribution in [3.05, 3.63) is 47.2 Å². The number of amides is 1. The number of carbonyl (C=O) groups is 1. The Bertz CT molecular complexity index is 821. The molecule has 2 rings (SSSR count). The highest BCUT2D eigenvalue weighted by atomic mass is 32.2. The van der Waals surface area contributed by atoms with Crippen LogP contribution in [0.15, 0.2) is 35.5 Å². The van der Waals surface area contributed by atoms with Crippen molar-refractivity contribution in [3.8, 4) is 11.5 Å². The summed E-state index contributed by atoms with van der Waals surface area (Å²) < 4.78 is 51.1. The monoisotopic (exact) mass is 414 g/mol. The van der Waals surface area contributed by atoms with E-state index in [0.717, 1.165) is 12.3 Å². The highest BCUT2D eigenvalue weighted by Gasteiger charge is 2.37. The van der Waals surface area contributed by atoms with Gasteiger partial charge in [0.15, 0.2) is 0 Å². The number of pyridine rings is 1. The number of halogens is 3. The summed E-state index contributed by atoms with van der Waals surface area (Å²) in [4.78, 5) is 17.9. The molecular formula is C19H21F3N2O3S. The quantitative estimate of drug-likeness (QED) is 0.625. The van der Waals surface area contributed by atoms with Crippen LogP contribution < -0.4 is 9.47 Å². The van der Waals surface area contributed by atoms with Gasteiger partial charge in [0, 0.05) is 13.2 Å². The fourth-order valence-corrected chi connectivity index (χ4v) is 3.29. The summed E-state index contributed by atoms with van der Waals surface area (Å²) in [5.41, 5.74) is -0.936. The maximum absolute atomic E-state index is 13.5. The molecule has 152 valence electrons. The van der Waals surface area contributed by atoms with E-state index in [4.69, 9.17) is 9.47 Å². The van der Waals surface area contributed by atoms with E-state index in [1.54, 1.807) is 18.2 Å². The van der Waals surface area contributed by atoms with Gasteiger partial charge in [-0.25, -0.2) is 4.98 Å². The third-order valence-electron chi connectivity index (χ3n) is 3.98. The number of rotatable bonds is 7. The van der Waals surface area contributed by atoms with Crippen molar-refractivity contribution >= 4 is 17.7 Å². The van der Waals surface area contributed by atoms with Gasteiger partial charge in [0.1, 0.15) is 11.5 Å². The highest BCUT2D eigenvalue weighted by molar-refractivity contribution is 7.99. The molecule has 2 aromatic rings. The summed E-state index contributed by atoms with van der Waals surface area (Å²) in [6, 6.07) is 6.02. The lowest BCUT2D eigenvalue weighted by Gasteiger charge is -2.22. The summed E-state index contributed by atoms with van der Waals surface area (Å²) in [5.74, 6) is 0.733. The van der Waals surface area contributed by atoms with E-state index in [-0.39, 0.29) is 11.6 Å². The Balaban J connectivity index is 2.39. The third-order valence-corrected chi connectivity index (χ3v) is 4.79. The largest absolute Gasteiger partial charge is 0.496 e. The molecule has 0 aliphatic heterocycles. The van der Waals surface area contributed by atoms with Gasteiger partial charge < -0.3 is 14.4 Å². The van der Waals surface area contributed by atoms with Gasteiger partial charge in [0.2, 0.25) is 0 Å². The van der Waals surface area contributed by atoms with Crippen molar-refractivity contribution in [2.75, 3.05) is 27.0 Å². The number of hydrogen-bond donors (Lipinski definition) is 0. The van der Waals surface area contributed by atoms with E-state index in [2.05, 4.69) is 4.98 Å². The Labute approximate surface area is 165 Å². The van der Waals surface area contributed by atoms with Crippen LogP contribution in [0.3, 0.4) is 0 Å². The first-order valence-corrected chi connectivity index (χ1v) is 9.36. The topological polar surface area (TPSA) is 51.7 Å². The summed E-state index contributed by atoms with van der Waals surface area (Å²) in [7, 11) is 4.36. The van der Waals surface area contributed by atoms with Gasteiger partial charge in [-0.1, -0.05) is 13.0 Å². The molecule has 9 heteroatoms. The number of carbonyl (C=O) groups excluding carboxylic acids is 1. The third kappa shape index (κ3) is 4.89. The van der Waals surface area contributed by atoms with Crippen LogP contribution in [0.1, 0.15) is 28.4 Å². The molecule has 1 amide bonds. The van der Waals surface area contributed by atoms with E-state index < -0.39 is 23.2 Å². The summed E-state index contributed by atoms with van der Waals surface area (Å²) in [6.07, 6.45) is -3.68. The molecule has 0 aliphatic rings. The van der Waals surface area contributed by atoms with Crippen molar-refractivity contribution in [3.63, 3.8) is 0 Å². The average Bonchev–Trinajstić information content (AvgIpc) is 2.67. The lowest BCUT2D eigenvalue weighted by Crippen LogP contribution is -2.29. The first-order chi connectivity index (χ1) is 13.2.